The van der Waals surface area contributed by atoms with Gasteiger partial charge in [-0.15, -0.1) is 22.7 Å². The van der Waals surface area contributed by atoms with Crippen LogP contribution in [0.5, 0.6) is 0 Å². The van der Waals surface area contributed by atoms with E-state index in [2.05, 4.69) is 9.97 Å². The zero-order valence-corrected chi connectivity index (χ0v) is 13.3. The summed E-state index contributed by atoms with van der Waals surface area (Å²) in [6.45, 7) is 1.96. The number of thioether (sulfide) groups is 1. The fourth-order valence-corrected chi connectivity index (χ4v) is 4.59. The number of carboxylic acid groups (broad SMARTS) is 1. The Labute approximate surface area is 131 Å². The van der Waals surface area contributed by atoms with Crippen molar-refractivity contribution in [1.82, 2.24) is 9.97 Å². The summed E-state index contributed by atoms with van der Waals surface area (Å²) in [7, 11) is 0. The van der Waals surface area contributed by atoms with Gasteiger partial charge >= 0.3 is 5.97 Å². The van der Waals surface area contributed by atoms with Gasteiger partial charge in [-0.1, -0.05) is 17.8 Å². The number of hydrogen-bond acceptors (Lipinski definition) is 6. The molecule has 0 bridgehead atoms. The lowest BCUT2D eigenvalue weighted by Gasteiger charge is -1.99. The fourth-order valence-electron chi connectivity index (χ4n) is 2.02. The maximum atomic E-state index is 12.3. The van der Waals surface area contributed by atoms with Gasteiger partial charge in [0.2, 0.25) is 0 Å². The highest BCUT2D eigenvalue weighted by atomic mass is 32.2. The number of aliphatic carboxylic acids is 1. The van der Waals surface area contributed by atoms with Crippen molar-refractivity contribution in [3.63, 3.8) is 0 Å². The number of fused-ring (bicyclic) bond motifs is 1. The summed E-state index contributed by atoms with van der Waals surface area (Å²) in [5, 5.41) is 11.6. The normalized spacial score (nSPS) is 11.1. The van der Waals surface area contributed by atoms with Crippen LogP contribution in [0.15, 0.2) is 27.5 Å². The first-order valence-electron chi connectivity index (χ1n) is 5.98. The predicted octanol–water partition coefficient (Wildman–Crippen LogP) is 3.20. The van der Waals surface area contributed by atoms with Gasteiger partial charge in [0, 0.05) is 15.3 Å². The Hall–Kier alpha value is -1.64. The Bertz CT molecular complexity index is 865. The number of carbonyl (C=O) groups is 1. The first-order valence-corrected chi connectivity index (χ1v) is 8.66. The van der Waals surface area contributed by atoms with Gasteiger partial charge in [0.1, 0.15) is 4.83 Å². The smallest absolute Gasteiger partial charge is 0.313 e. The van der Waals surface area contributed by atoms with E-state index in [0.717, 1.165) is 27.1 Å². The van der Waals surface area contributed by atoms with E-state index in [0.29, 0.717) is 15.4 Å². The second-order valence-corrected chi connectivity index (χ2v) is 7.36. The molecule has 21 heavy (non-hydrogen) atoms. The van der Waals surface area contributed by atoms with Crippen molar-refractivity contribution >= 4 is 50.6 Å². The molecule has 3 rings (SSSR count). The van der Waals surface area contributed by atoms with E-state index in [1.807, 2.05) is 24.4 Å². The van der Waals surface area contributed by atoms with Crippen LogP contribution < -0.4 is 5.56 Å². The molecule has 2 N–H and O–H groups in total. The lowest BCUT2D eigenvalue weighted by molar-refractivity contribution is -0.133. The van der Waals surface area contributed by atoms with Crippen molar-refractivity contribution in [1.29, 1.82) is 0 Å². The molecule has 0 radical (unpaired) electrons. The second kappa shape index (κ2) is 5.63. The van der Waals surface area contributed by atoms with Crippen molar-refractivity contribution in [2.45, 2.75) is 12.1 Å². The van der Waals surface area contributed by atoms with Crippen molar-refractivity contribution in [2.24, 2.45) is 0 Å². The lowest BCUT2D eigenvalue weighted by Crippen LogP contribution is -2.09. The van der Waals surface area contributed by atoms with E-state index in [1.54, 1.807) is 11.3 Å². The summed E-state index contributed by atoms with van der Waals surface area (Å²) in [6, 6.07) is 3.92. The number of aryl methyl sites for hydroxylation is 1. The maximum Gasteiger partial charge on any atom is 0.313 e. The molecule has 0 aliphatic carbocycles. The molecule has 3 aromatic heterocycles. The lowest BCUT2D eigenvalue weighted by atomic mass is 10.1. The minimum Gasteiger partial charge on any atom is -0.481 e. The third-order valence-corrected chi connectivity index (χ3v) is 5.56. The third kappa shape index (κ3) is 2.74. The summed E-state index contributed by atoms with van der Waals surface area (Å²) in [4.78, 5) is 32.7. The molecule has 0 aromatic carbocycles. The van der Waals surface area contributed by atoms with E-state index in [-0.39, 0.29) is 11.3 Å². The van der Waals surface area contributed by atoms with Crippen LogP contribution in [-0.2, 0) is 4.79 Å². The molecule has 8 heteroatoms. The summed E-state index contributed by atoms with van der Waals surface area (Å²) >= 11 is 4.05. The predicted molar refractivity (Wildman–Crippen MR) is 86.7 cm³/mol. The molecule has 0 saturated carbocycles. The van der Waals surface area contributed by atoms with Crippen molar-refractivity contribution in [3.05, 3.63) is 32.7 Å². The molecular formula is C13H10N2O3S3. The molecular weight excluding hydrogens is 328 g/mol. The van der Waals surface area contributed by atoms with E-state index in [4.69, 9.17) is 5.11 Å². The molecule has 108 valence electrons. The van der Waals surface area contributed by atoms with Crippen LogP contribution in [0, 0.1) is 6.92 Å². The first kappa shape index (κ1) is 14.3. The summed E-state index contributed by atoms with van der Waals surface area (Å²) in [6.07, 6.45) is 0. The van der Waals surface area contributed by atoms with Crippen LogP contribution in [0.3, 0.4) is 0 Å². The van der Waals surface area contributed by atoms with Crippen LogP contribution >= 0.6 is 34.4 Å². The van der Waals surface area contributed by atoms with Gasteiger partial charge in [-0.05, 0) is 18.4 Å². The Balaban J connectivity index is 2.14. The number of rotatable bonds is 4. The van der Waals surface area contributed by atoms with E-state index in [9.17, 15) is 9.59 Å². The highest BCUT2D eigenvalue weighted by molar-refractivity contribution is 7.99. The molecule has 5 nitrogen and oxygen atoms in total. The van der Waals surface area contributed by atoms with Gasteiger partial charge in [-0.25, -0.2) is 4.98 Å². The zero-order valence-electron chi connectivity index (χ0n) is 10.9. The fraction of sp³-hybridized carbons (Fsp3) is 0.154. The molecule has 0 aliphatic rings. The number of thiophene rings is 2. The van der Waals surface area contributed by atoms with E-state index in [1.165, 1.54) is 11.3 Å². The van der Waals surface area contributed by atoms with Gasteiger partial charge in [0.15, 0.2) is 5.16 Å². The number of aromatic amines is 1. The topological polar surface area (TPSA) is 83.0 Å². The summed E-state index contributed by atoms with van der Waals surface area (Å²) < 4.78 is 0. The number of carboxylic acids is 1. The SMILES string of the molecule is Cc1sc2nc(SCC(=O)O)[nH]c(=O)c2c1-c1cccs1. The van der Waals surface area contributed by atoms with Gasteiger partial charge < -0.3 is 10.1 Å². The Morgan fingerprint density at radius 2 is 2.33 bits per heavy atom. The highest BCUT2D eigenvalue weighted by Crippen LogP contribution is 2.38. The number of nitrogens with one attached hydrogen (secondary N) is 1. The molecule has 0 unspecified atom stereocenters. The quantitative estimate of drug-likeness (QED) is 0.564. The molecule has 0 atom stereocenters. The van der Waals surface area contributed by atoms with Gasteiger partial charge in [-0.2, -0.15) is 0 Å². The Morgan fingerprint density at radius 1 is 1.52 bits per heavy atom. The number of H-pyrrole nitrogens is 1. The van der Waals surface area contributed by atoms with Crippen molar-refractivity contribution in [3.8, 4) is 10.4 Å². The van der Waals surface area contributed by atoms with Gasteiger partial charge in [-0.3, -0.25) is 9.59 Å². The monoisotopic (exact) mass is 338 g/mol. The Morgan fingerprint density at radius 3 is 3.00 bits per heavy atom. The van der Waals surface area contributed by atoms with Gasteiger partial charge in [0.05, 0.1) is 11.1 Å². The van der Waals surface area contributed by atoms with E-state index < -0.39 is 5.97 Å². The van der Waals surface area contributed by atoms with Crippen LogP contribution in [0.4, 0.5) is 0 Å². The first-order chi connectivity index (χ1) is 10.1. The van der Waals surface area contributed by atoms with Crippen LogP contribution in [-0.4, -0.2) is 26.8 Å². The standard InChI is InChI=1S/C13H10N2O3S3/c1-6-9(7-3-2-4-19-7)10-11(18)14-13(15-12(10)21-6)20-5-8(16)17/h2-4H,5H2,1H3,(H,16,17)(H,14,15,18). The molecule has 0 aliphatic heterocycles. The molecule has 0 amide bonds. The van der Waals surface area contributed by atoms with Crippen LogP contribution in [0.1, 0.15) is 4.88 Å². The minimum atomic E-state index is -0.940. The number of hydrogen-bond donors (Lipinski definition) is 2. The summed E-state index contributed by atoms with van der Waals surface area (Å²) in [5.74, 6) is -1.07. The largest absolute Gasteiger partial charge is 0.481 e. The molecule has 0 saturated heterocycles. The van der Waals surface area contributed by atoms with Crippen LogP contribution in [0.25, 0.3) is 20.7 Å². The highest BCUT2D eigenvalue weighted by Gasteiger charge is 2.17. The average Bonchev–Trinajstić information content (AvgIpc) is 3.02. The maximum absolute atomic E-state index is 12.3. The molecule has 3 aromatic rings. The van der Waals surface area contributed by atoms with Gasteiger partial charge in [0.25, 0.3) is 5.56 Å². The van der Waals surface area contributed by atoms with Crippen molar-refractivity contribution < 1.29 is 9.90 Å². The number of nitrogens with zero attached hydrogens (tertiary/aromatic N) is 1. The molecule has 0 spiro atoms. The third-order valence-electron chi connectivity index (χ3n) is 2.82. The second-order valence-electron chi connectivity index (χ2n) is 4.24. The average molecular weight is 338 g/mol. The van der Waals surface area contributed by atoms with Crippen molar-refractivity contribution in [2.75, 3.05) is 5.75 Å². The molecule has 3 heterocycles. The Kier molecular flexibility index (Phi) is 3.83. The van der Waals surface area contributed by atoms with Crippen LogP contribution in [0.2, 0.25) is 0 Å². The minimum absolute atomic E-state index is 0.128. The summed E-state index contributed by atoms with van der Waals surface area (Å²) in [5.41, 5.74) is 0.703. The van der Waals surface area contributed by atoms with E-state index >= 15 is 0 Å². The zero-order chi connectivity index (χ0) is 15.0. The number of aromatic nitrogens is 2. The molecule has 0 fully saturated rings.